The summed E-state index contributed by atoms with van der Waals surface area (Å²) in [6.07, 6.45) is 1.60. The molecule has 2 aromatic rings. The van der Waals surface area contributed by atoms with Crippen molar-refractivity contribution < 1.29 is 13.6 Å². The molecule has 0 spiro atoms. The van der Waals surface area contributed by atoms with Gasteiger partial charge in [-0.1, -0.05) is 18.2 Å². The Morgan fingerprint density at radius 3 is 2.55 bits per heavy atom. The number of fused-ring (bicyclic) bond motifs is 1. The number of nitrogens with one attached hydrogen (secondary N) is 1. The SMILES string of the molecule is CCOP(=O)(OCC)/C(C#N)=C/c1c(C)[nH]c2ccccc12. The van der Waals surface area contributed by atoms with Gasteiger partial charge in [0.25, 0.3) is 0 Å². The van der Waals surface area contributed by atoms with Crippen molar-refractivity contribution in [3.05, 3.63) is 40.8 Å². The fourth-order valence-electron chi connectivity index (χ4n) is 2.31. The standard InChI is InChI=1S/C16H19N2O3P/c1-4-20-22(19,21-5-2)13(11-17)10-15-12(3)18-16-9-7-6-8-14(15)16/h6-10,18H,4-5H2,1-3H3/b13-10+. The Morgan fingerprint density at radius 1 is 1.32 bits per heavy atom. The maximum atomic E-state index is 12.8. The highest BCUT2D eigenvalue weighted by molar-refractivity contribution is 7.59. The van der Waals surface area contributed by atoms with Crippen LogP contribution >= 0.6 is 7.60 Å². The molecule has 1 heterocycles. The summed E-state index contributed by atoms with van der Waals surface area (Å²) in [7, 11) is -3.58. The Kier molecular flexibility index (Phi) is 5.20. The summed E-state index contributed by atoms with van der Waals surface area (Å²) in [5.74, 6) is 0. The van der Waals surface area contributed by atoms with Crippen LogP contribution in [-0.4, -0.2) is 18.2 Å². The molecule has 0 saturated carbocycles. The molecule has 0 saturated heterocycles. The summed E-state index contributed by atoms with van der Waals surface area (Å²) in [6, 6.07) is 9.73. The van der Waals surface area contributed by atoms with Crippen molar-refractivity contribution in [2.45, 2.75) is 20.8 Å². The Balaban J connectivity index is 2.58. The van der Waals surface area contributed by atoms with Gasteiger partial charge < -0.3 is 14.0 Å². The normalized spacial score (nSPS) is 12.5. The molecular weight excluding hydrogens is 299 g/mol. The van der Waals surface area contributed by atoms with E-state index < -0.39 is 7.60 Å². The number of benzene rings is 1. The van der Waals surface area contributed by atoms with Crippen molar-refractivity contribution in [3.63, 3.8) is 0 Å². The summed E-state index contributed by atoms with van der Waals surface area (Å²) < 4.78 is 23.3. The molecule has 0 radical (unpaired) electrons. The van der Waals surface area contributed by atoms with E-state index in [-0.39, 0.29) is 18.5 Å². The van der Waals surface area contributed by atoms with Crippen LogP contribution in [0.2, 0.25) is 0 Å². The van der Waals surface area contributed by atoms with E-state index in [2.05, 4.69) is 4.98 Å². The van der Waals surface area contributed by atoms with Gasteiger partial charge in [-0.2, -0.15) is 5.26 Å². The minimum Gasteiger partial charge on any atom is -0.358 e. The van der Waals surface area contributed by atoms with Crippen LogP contribution in [0.1, 0.15) is 25.1 Å². The molecule has 0 aliphatic carbocycles. The molecule has 22 heavy (non-hydrogen) atoms. The molecule has 0 aliphatic rings. The molecule has 0 fully saturated rings. The Morgan fingerprint density at radius 2 is 1.95 bits per heavy atom. The van der Waals surface area contributed by atoms with Gasteiger partial charge in [0.15, 0.2) is 0 Å². The molecule has 0 aliphatic heterocycles. The van der Waals surface area contributed by atoms with Gasteiger partial charge in [-0.05, 0) is 32.9 Å². The predicted molar refractivity (Wildman–Crippen MR) is 87.5 cm³/mol. The fraction of sp³-hybridized carbons (Fsp3) is 0.312. The lowest BCUT2D eigenvalue weighted by molar-refractivity contribution is 0.227. The monoisotopic (exact) mass is 318 g/mol. The van der Waals surface area contributed by atoms with Gasteiger partial charge >= 0.3 is 7.60 Å². The highest BCUT2D eigenvalue weighted by Crippen LogP contribution is 2.56. The molecule has 1 aromatic heterocycles. The van der Waals surface area contributed by atoms with Gasteiger partial charge in [-0.25, -0.2) is 0 Å². The lowest BCUT2D eigenvalue weighted by atomic mass is 10.1. The van der Waals surface area contributed by atoms with Gasteiger partial charge in [-0.15, -0.1) is 0 Å². The number of hydrogen-bond donors (Lipinski definition) is 1. The van der Waals surface area contributed by atoms with E-state index in [1.165, 1.54) is 0 Å². The molecule has 6 heteroatoms. The number of rotatable bonds is 6. The number of nitrogens with zero attached hydrogens (tertiary/aromatic N) is 1. The molecule has 0 bridgehead atoms. The van der Waals surface area contributed by atoms with Crippen molar-refractivity contribution in [1.29, 1.82) is 5.26 Å². The average molecular weight is 318 g/mol. The van der Waals surface area contributed by atoms with Crippen LogP contribution < -0.4 is 0 Å². The molecule has 5 nitrogen and oxygen atoms in total. The first-order valence-electron chi connectivity index (χ1n) is 7.14. The zero-order valence-electron chi connectivity index (χ0n) is 12.9. The van der Waals surface area contributed by atoms with Crippen LogP contribution in [0.5, 0.6) is 0 Å². The summed E-state index contributed by atoms with van der Waals surface area (Å²) >= 11 is 0. The van der Waals surface area contributed by atoms with Crippen molar-refractivity contribution in [2.24, 2.45) is 0 Å². The quantitative estimate of drug-likeness (QED) is 0.623. The maximum Gasteiger partial charge on any atom is 0.371 e. The third-order valence-electron chi connectivity index (χ3n) is 3.23. The lowest BCUT2D eigenvalue weighted by Gasteiger charge is -2.15. The van der Waals surface area contributed by atoms with E-state index in [4.69, 9.17) is 9.05 Å². The molecule has 1 N–H and O–H groups in total. The zero-order valence-corrected chi connectivity index (χ0v) is 13.8. The predicted octanol–water partition coefficient (Wildman–Crippen LogP) is 4.61. The molecule has 0 atom stereocenters. The molecule has 116 valence electrons. The average Bonchev–Trinajstić information content (AvgIpc) is 2.80. The van der Waals surface area contributed by atoms with Gasteiger partial charge in [0.1, 0.15) is 11.4 Å². The molecule has 2 rings (SSSR count). The highest BCUT2D eigenvalue weighted by Gasteiger charge is 2.30. The topological polar surface area (TPSA) is 75.1 Å². The number of aromatic amines is 1. The van der Waals surface area contributed by atoms with Gasteiger partial charge in [0.05, 0.1) is 13.2 Å². The summed E-state index contributed by atoms with van der Waals surface area (Å²) in [5.41, 5.74) is 2.69. The van der Waals surface area contributed by atoms with Crippen molar-refractivity contribution in [2.75, 3.05) is 13.2 Å². The number of nitriles is 1. The number of aryl methyl sites for hydroxylation is 1. The van der Waals surface area contributed by atoms with Crippen LogP contribution in [-0.2, 0) is 13.6 Å². The Bertz CT molecular complexity index is 776. The summed E-state index contributed by atoms with van der Waals surface area (Å²) in [5, 5.41) is 10.4. The van der Waals surface area contributed by atoms with Crippen LogP contribution in [0.4, 0.5) is 0 Å². The van der Waals surface area contributed by atoms with Gasteiger partial charge in [0, 0.05) is 22.2 Å². The number of H-pyrrole nitrogens is 1. The number of allylic oxidation sites excluding steroid dienone is 1. The van der Waals surface area contributed by atoms with E-state index in [1.807, 2.05) is 37.3 Å². The lowest BCUT2D eigenvalue weighted by Crippen LogP contribution is -1.98. The fourth-order valence-corrected chi connectivity index (χ4v) is 3.75. The third-order valence-corrected chi connectivity index (χ3v) is 5.25. The molecule has 0 unspecified atom stereocenters. The highest BCUT2D eigenvalue weighted by atomic mass is 31.2. The number of aromatic nitrogens is 1. The minimum absolute atomic E-state index is 0.0176. The van der Waals surface area contributed by atoms with E-state index in [1.54, 1.807) is 19.9 Å². The smallest absolute Gasteiger partial charge is 0.358 e. The Labute approximate surface area is 130 Å². The van der Waals surface area contributed by atoms with E-state index in [0.29, 0.717) is 0 Å². The molecule has 0 amide bonds. The third kappa shape index (κ3) is 3.15. The van der Waals surface area contributed by atoms with E-state index in [0.717, 1.165) is 22.2 Å². The molecule has 1 aromatic carbocycles. The second-order valence-corrected chi connectivity index (χ2v) is 6.68. The van der Waals surface area contributed by atoms with Crippen molar-refractivity contribution in [3.8, 4) is 6.07 Å². The van der Waals surface area contributed by atoms with E-state index in [9.17, 15) is 9.83 Å². The second kappa shape index (κ2) is 6.93. The Hall–Kier alpha value is -1.86. The van der Waals surface area contributed by atoms with Crippen LogP contribution in [0.3, 0.4) is 0 Å². The number of hydrogen-bond acceptors (Lipinski definition) is 4. The van der Waals surface area contributed by atoms with Crippen LogP contribution in [0, 0.1) is 18.3 Å². The van der Waals surface area contributed by atoms with Crippen LogP contribution in [0.15, 0.2) is 29.6 Å². The van der Waals surface area contributed by atoms with Crippen molar-refractivity contribution in [1.82, 2.24) is 4.98 Å². The second-order valence-electron chi connectivity index (χ2n) is 4.68. The van der Waals surface area contributed by atoms with Gasteiger partial charge in [0.2, 0.25) is 0 Å². The minimum atomic E-state index is -3.58. The molecular formula is C16H19N2O3P. The largest absolute Gasteiger partial charge is 0.371 e. The van der Waals surface area contributed by atoms with E-state index >= 15 is 0 Å². The number of para-hydroxylation sites is 1. The van der Waals surface area contributed by atoms with Gasteiger partial charge in [-0.3, -0.25) is 4.57 Å². The first-order valence-corrected chi connectivity index (χ1v) is 8.68. The first kappa shape index (κ1) is 16.5. The van der Waals surface area contributed by atoms with Crippen LogP contribution in [0.25, 0.3) is 17.0 Å². The van der Waals surface area contributed by atoms with Crippen molar-refractivity contribution >= 4 is 24.6 Å². The summed E-state index contributed by atoms with van der Waals surface area (Å²) in [4.78, 5) is 3.25. The summed E-state index contributed by atoms with van der Waals surface area (Å²) in [6.45, 7) is 5.77. The zero-order chi connectivity index (χ0) is 16.2. The first-order chi connectivity index (χ1) is 10.6. The maximum absolute atomic E-state index is 12.8.